The summed E-state index contributed by atoms with van der Waals surface area (Å²) >= 11 is 0. The molecule has 4 heteroatoms. The fourth-order valence-electron chi connectivity index (χ4n) is 1.37. The van der Waals surface area contributed by atoms with Crippen LogP contribution in [0.2, 0.25) is 0 Å². The minimum Gasteiger partial charge on any atom is -0.333 e. The monoisotopic (exact) mass is 185 g/mol. The van der Waals surface area contributed by atoms with Gasteiger partial charge in [0, 0.05) is 24.7 Å². The summed E-state index contributed by atoms with van der Waals surface area (Å²) in [5, 5.41) is 2.91. The number of likely N-dealkylation sites (tertiary alicyclic amines) is 1. The van der Waals surface area contributed by atoms with Crippen molar-refractivity contribution >= 4 is 6.03 Å². The summed E-state index contributed by atoms with van der Waals surface area (Å²) in [5.74, 6) is 0. The molecular weight excluding hydrogens is 166 g/mol. The number of hydrogen-bond acceptors (Lipinski definition) is 2. The first-order chi connectivity index (χ1) is 5.88. The summed E-state index contributed by atoms with van der Waals surface area (Å²) in [6, 6.07) is 0.158. The SMILES string of the molecule is CC(C)(C)NC(=O)N1CC[C@@H](N)C1. The number of nitrogens with two attached hydrogens (primary N) is 1. The average molecular weight is 185 g/mol. The van der Waals surface area contributed by atoms with E-state index in [1.165, 1.54) is 0 Å². The summed E-state index contributed by atoms with van der Waals surface area (Å²) in [5.41, 5.74) is 5.54. The normalized spacial score (nSPS) is 23.4. The molecule has 0 saturated carbocycles. The molecule has 0 bridgehead atoms. The second kappa shape index (κ2) is 3.54. The van der Waals surface area contributed by atoms with Crippen molar-refractivity contribution in [2.24, 2.45) is 5.73 Å². The fourth-order valence-corrected chi connectivity index (χ4v) is 1.37. The first-order valence-corrected chi connectivity index (χ1v) is 4.71. The highest BCUT2D eigenvalue weighted by atomic mass is 16.2. The largest absolute Gasteiger partial charge is 0.333 e. The third kappa shape index (κ3) is 3.22. The maximum atomic E-state index is 11.6. The lowest BCUT2D eigenvalue weighted by molar-refractivity contribution is 0.199. The Hall–Kier alpha value is -0.770. The van der Waals surface area contributed by atoms with E-state index in [-0.39, 0.29) is 17.6 Å². The predicted molar refractivity (Wildman–Crippen MR) is 52.5 cm³/mol. The van der Waals surface area contributed by atoms with E-state index in [0.717, 1.165) is 13.0 Å². The van der Waals surface area contributed by atoms with E-state index in [0.29, 0.717) is 6.54 Å². The van der Waals surface area contributed by atoms with Gasteiger partial charge in [0.1, 0.15) is 0 Å². The Balaban J connectivity index is 2.41. The lowest BCUT2D eigenvalue weighted by Crippen LogP contribution is -2.48. The third-order valence-corrected chi connectivity index (χ3v) is 1.99. The van der Waals surface area contributed by atoms with Crippen LogP contribution in [0, 0.1) is 0 Å². The van der Waals surface area contributed by atoms with Gasteiger partial charge < -0.3 is 16.0 Å². The summed E-state index contributed by atoms with van der Waals surface area (Å²) in [7, 11) is 0. The van der Waals surface area contributed by atoms with Gasteiger partial charge in [0.15, 0.2) is 0 Å². The zero-order chi connectivity index (χ0) is 10.1. The molecule has 1 heterocycles. The fraction of sp³-hybridized carbons (Fsp3) is 0.889. The molecule has 0 aromatic carbocycles. The van der Waals surface area contributed by atoms with Crippen molar-refractivity contribution in [3.63, 3.8) is 0 Å². The molecule has 1 rings (SSSR count). The van der Waals surface area contributed by atoms with Gasteiger partial charge in [-0.25, -0.2) is 4.79 Å². The smallest absolute Gasteiger partial charge is 0.317 e. The molecule has 1 aliphatic rings. The first-order valence-electron chi connectivity index (χ1n) is 4.71. The Labute approximate surface area is 79.5 Å². The quantitative estimate of drug-likeness (QED) is 0.578. The second-order valence-corrected chi connectivity index (χ2v) is 4.67. The molecule has 1 fully saturated rings. The lowest BCUT2D eigenvalue weighted by atomic mass is 10.1. The van der Waals surface area contributed by atoms with E-state index in [4.69, 9.17) is 5.73 Å². The van der Waals surface area contributed by atoms with Gasteiger partial charge in [0.05, 0.1) is 0 Å². The zero-order valence-corrected chi connectivity index (χ0v) is 8.63. The van der Waals surface area contributed by atoms with Crippen LogP contribution in [0.3, 0.4) is 0 Å². The summed E-state index contributed by atoms with van der Waals surface area (Å²) in [4.78, 5) is 13.3. The Morgan fingerprint density at radius 1 is 1.54 bits per heavy atom. The van der Waals surface area contributed by atoms with Gasteiger partial charge in [0.25, 0.3) is 0 Å². The maximum absolute atomic E-state index is 11.6. The standard InChI is InChI=1S/C9H19N3O/c1-9(2,3)11-8(13)12-5-4-7(10)6-12/h7H,4-6,10H2,1-3H3,(H,11,13)/t7-/m1/s1. The highest BCUT2D eigenvalue weighted by Gasteiger charge is 2.25. The molecular formula is C9H19N3O. The van der Waals surface area contributed by atoms with E-state index in [1.807, 2.05) is 20.8 Å². The zero-order valence-electron chi connectivity index (χ0n) is 8.63. The van der Waals surface area contributed by atoms with Gasteiger partial charge in [-0.2, -0.15) is 0 Å². The van der Waals surface area contributed by atoms with Crippen molar-refractivity contribution in [3.8, 4) is 0 Å². The van der Waals surface area contributed by atoms with Crippen molar-refractivity contribution in [2.45, 2.75) is 38.8 Å². The van der Waals surface area contributed by atoms with Gasteiger partial charge in [-0.05, 0) is 27.2 Å². The predicted octanol–water partition coefficient (Wildman–Crippen LogP) is 0.528. The van der Waals surface area contributed by atoms with Crippen LogP contribution in [-0.4, -0.2) is 35.6 Å². The van der Waals surface area contributed by atoms with Gasteiger partial charge in [-0.15, -0.1) is 0 Å². The highest BCUT2D eigenvalue weighted by Crippen LogP contribution is 2.08. The topological polar surface area (TPSA) is 58.4 Å². The van der Waals surface area contributed by atoms with Crippen LogP contribution in [0.15, 0.2) is 0 Å². The minimum absolute atomic E-state index is 0.000417. The molecule has 13 heavy (non-hydrogen) atoms. The van der Waals surface area contributed by atoms with Crippen LogP contribution in [0.4, 0.5) is 4.79 Å². The lowest BCUT2D eigenvalue weighted by Gasteiger charge is -2.25. The molecule has 1 atom stereocenters. The molecule has 0 aliphatic carbocycles. The molecule has 0 unspecified atom stereocenters. The molecule has 1 saturated heterocycles. The molecule has 0 radical (unpaired) electrons. The number of carbonyl (C=O) groups is 1. The van der Waals surface area contributed by atoms with E-state index in [2.05, 4.69) is 5.32 Å². The number of hydrogen-bond donors (Lipinski definition) is 2. The molecule has 1 aliphatic heterocycles. The van der Waals surface area contributed by atoms with Crippen LogP contribution >= 0.6 is 0 Å². The van der Waals surface area contributed by atoms with E-state index in [1.54, 1.807) is 4.90 Å². The van der Waals surface area contributed by atoms with Crippen LogP contribution < -0.4 is 11.1 Å². The summed E-state index contributed by atoms with van der Waals surface area (Å²) < 4.78 is 0. The van der Waals surface area contributed by atoms with Crippen LogP contribution in [0.5, 0.6) is 0 Å². The van der Waals surface area contributed by atoms with Crippen LogP contribution in [-0.2, 0) is 0 Å². The second-order valence-electron chi connectivity index (χ2n) is 4.67. The van der Waals surface area contributed by atoms with Crippen molar-refractivity contribution in [1.82, 2.24) is 10.2 Å². The van der Waals surface area contributed by atoms with Crippen molar-refractivity contribution in [2.75, 3.05) is 13.1 Å². The van der Waals surface area contributed by atoms with E-state index in [9.17, 15) is 4.79 Å². The minimum atomic E-state index is -0.163. The summed E-state index contributed by atoms with van der Waals surface area (Å²) in [6.45, 7) is 7.38. The average Bonchev–Trinajstić information content (AvgIpc) is 2.31. The van der Waals surface area contributed by atoms with Crippen molar-refractivity contribution < 1.29 is 4.79 Å². The molecule has 0 aromatic rings. The number of carbonyl (C=O) groups excluding carboxylic acids is 1. The van der Waals surface area contributed by atoms with E-state index < -0.39 is 0 Å². The maximum Gasteiger partial charge on any atom is 0.317 e. The highest BCUT2D eigenvalue weighted by molar-refractivity contribution is 5.75. The Morgan fingerprint density at radius 3 is 2.54 bits per heavy atom. The molecule has 3 N–H and O–H groups in total. The number of amides is 2. The molecule has 4 nitrogen and oxygen atoms in total. The summed E-state index contributed by atoms with van der Waals surface area (Å²) in [6.07, 6.45) is 0.914. The molecule has 2 amide bonds. The molecule has 0 spiro atoms. The van der Waals surface area contributed by atoms with Crippen LogP contribution in [0.1, 0.15) is 27.2 Å². The number of nitrogens with one attached hydrogen (secondary N) is 1. The number of nitrogens with zero attached hydrogens (tertiary/aromatic N) is 1. The Morgan fingerprint density at radius 2 is 2.15 bits per heavy atom. The third-order valence-electron chi connectivity index (χ3n) is 1.99. The number of rotatable bonds is 0. The molecule has 76 valence electrons. The number of urea groups is 1. The Bertz CT molecular complexity index is 198. The van der Waals surface area contributed by atoms with Gasteiger partial charge >= 0.3 is 6.03 Å². The Kier molecular flexibility index (Phi) is 2.81. The van der Waals surface area contributed by atoms with Gasteiger partial charge in [0.2, 0.25) is 0 Å². The van der Waals surface area contributed by atoms with Crippen LogP contribution in [0.25, 0.3) is 0 Å². The first kappa shape index (κ1) is 10.3. The van der Waals surface area contributed by atoms with Gasteiger partial charge in [-0.1, -0.05) is 0 Å². The van der Waals surface area contributed by atoms with Gasteiger partial charge in [-0.3, -0.25) is 0 Å². The van der Waals surface area contributed by atoms with Crippen molar-refractivity contribution in [1.29, 1.82) is 0 Å². The van der Waals surface area contributed by atoms with Crippen molar-refractivity contribution in [3.05, 3.63) is 0 Å². The molecule has 0 aromatic heterocycles. The van der Waals surface area contributed by atoms with E-state index >= 15 is 0 Å².